The van der Waals surface area contributed by atoms with E-state index in [4.69, 9.17) is 4.74 Å². The number of halogens is 1. The molecule has 0 aromatic carbocycles. The second-order valence-electron chi connectivity index (χ2n) is 7.78. The summed E-state index contributed by atoms with van der Waals surface area (Å²) in [5.41, 5.74) is 0. The van der Waals surface area contributed by atoms with Crippen molar-refractivity contribution < 1.29 is 13.2 Å². The van der Waals surface area contributed by atoms with Crippen molar-refractivity contribution in [2.45, 2.75) is 71.1 Å². The maximum Gasteiger partial charge on any atom is 0.213 e. The van der Waals surface area contributed by atoms with Crippen LogP contribution in [-0.4, -0.2) is 73.3 Å². The van der Waals surface area contributed by atoms with E-state index >= 15 is 0 Å². The van der Waals surface area contributed by atoms with E-state index in [1.54, 1.807) is 0 Å². The van der Waals surface area contributed by atoms with Gasteiger partial charge < -0.3 is 15.4 Å². The fraction of sp³-hybridized carbons (Fsp3) is 0.842. The minimum Gasteiger partial charge on any atom is -0.377 e. The molecule has 0 bridgehead atoms. The Kier molecular flexibility index (Phi) is 10.9. The van der Waals surface area contributed by atoms with Crippen molar-refractivity contribution in [3.63, 3.8) is 0 Å². The fourth-order valence-corrected chi connectivity index (χ4v) is 4.60. The van der Waals surface area contributed by atoms with E-state index in [9.17, 15) is 8.42 Å². The molecule has 0 spiro atoms. The standard InChI is InChI=1S/C19H35N7O3S.HI/c1-3-17-24-18-9-8-15(14-26(18)25-17)23-19(20-4-2)21-10-12-30(27,28)22-13-16-7-5-6-11-29-16;/h15-16,22H,3-14H2,1-2H3,(H2,20,21,23);1H. The third-order valence-corrected chi connectivity index (χ3v) is 6.66. The molecular formula is C19H36IN7O3S. The quantitative estimate of drug-likeness (QED) is 0.229. The molecule has 0 saturated carbocycles. The van der Waals surface area contributed by atoms with Crippen LogP contribution in [0.1, 0.15) is 51.2 Å². The summed E-state index contributed by atoms with van der Waals surface area (Å²) in [5, 5.41) is 11.1. The van der Waals surface area contributed by atoms with E-state index in [0.29, 0.717) is 25.7 Å². The second-order valence-corrected chi connectivity index (χ2v) is 9.70. The number of rotatable bonds is 9. The molecule has 0 radical (unpaired) electrons. The van der Waals surface area contributed by atoms with Gasteiger partial charge in [0.1, 0.15) is 5.82 Å². The summed E-state index contributed by atoms with van der Waals surface area (Å²) in [4.78, 5) is 9.01. The summed E-state index contributed by atoms with van der Waals surface area (Å²) < 4.78 is 34.7. The molecule has 1 saturated heterocycles. The topological polar surface area (TPSA) is 123 Å². The lowest BCUT2D eigenvalue weighted by Crippen LogP contribution is -2.47. The van der Waals surface area contributed by atoms with Gasteiger partial charge in [0.2, 0.25) is 10.0 Å². The molecule has 1 aromatic rings. The molecule has 3 rings (SSSR count). The highest BCUT2D eigenvalue weighted by atomic mass is 127. The number of aryl methyl sites for hydroxylation is 2. The highest BCUT2D eigenvalue weighted by molar-refractivity contribution is 14.0. The number of aliphatic imine (C=N–C) groups is 1. The van der Waals surface area contributed by atoms with Gasteiger partial charge in [0, 0.05) is 38.6 Å². The van der Waals surface area contributed by atoms with Crippen molar-refractivity contribution in [2.75, 3.05) is 32.0 Å². The normalized spacial score (nSPS) is 21.8. The van der Waals surface area contributed by atoms with Crippen molar-refractivity contribution in [2.24, 2.45) is 4.99 Å². The van der Waals surface area contributed by atoms with Gasteiger partial charge in [-0.15, -0.1) is 24.0 Å². The van der Waals surface area contributed by atoms with Gasteiger partial charge in [-0.3, -0.25) is 4.99 Å². The van der Waals surface area contributed by atoms with Crippen molar-refractivity contribution in [1.82, 2.24) is 30.1 Å². The summed E-state index contributed by atoms with van der Waals surface area (Å²) in [6.07, 6.45) is 5.67. The number of sulfonamides is 1. The summed E-state index contributed by atoms with van der Waals surface area (Å²) >= 11 is 0. The molecule has 10 nitrogen and oxygen atoms in total. The number of ether oxygens (including phenoxy) is 1. The first kappa shape index (κ1) is 26.3. The molecule has 2 atom stereocenters. The third-order valence-electron chi connectivity index (χ3n) is 5.34. The Morgan fingerprint density at radius 1 is 1.29 bits per heavy atom. The Balaban J connectivity index is 0.00000341. The summed E-state index contributed by atoms with van der Waals surface area (Å²) in [5.74, 6) is 2.50. The zero-order valence-electron chi connectivity index (χ0n) is 18.5. The molecule has 2 aliphatic rings. The molecule has 12 heteroatoms. The van der Waals surface area contributed by atoms with Gasteiger partial charge >= 0.3 is 0 Å². The van der Waals surface area contributed by atoms with Crippen LogP contribution in [0.2, 0.25) is 0 Å². The molecule has 3 N–H and O–H groups in total. The van der Waals surface area contributed by atoms with Crippen molar-refractivity contribution >= 4 is 40.0 Å². The van der Waals surface area contributed by atoms with E-state index in [1.807, 2.05) is 11.6 Å². The fourth-order valence-electron chi connectivity index (χ4n) is 3.68. The Morgan fingerprint density at radius 2 is 2.13 bits per heavy atom. The number of guanidine groups is 1. The minimum atomic E-state index is -3.38. The van der Waals surface area contributed by atoms with Gasteiger partial charge in [-0.1, -0.05) is 6.92 Å². The number of aromatic nitrogens is 3. The van der Waals surface area contributed by atoms with Gasteiger partial charge in [-0.05, 0) is 32.6 Å². The predicted octanol–water partition coefficient (Wildman–Crippen LogP) is 0.817. The summed E-state index contributed by atoms with van der Waals surface area (Å²) in [6.45, 7) is 6.72. The van der Waals surface area contributed by atoms with E-state index in [2.05, 4.69) is 37.4 Å². The highest BCUT2D eigenvalue weighted by Crippen LogP contribution is 2.13. The molecule has 3 heterocycles. The molecule has 2 unspecified atom stereocenters. The van der Waals surface area contributed by atoms with Crippen LogP contribution in [0.4, 0.5) is 0 Å². The second kappa shape index (κ2) is 12.9. The average Bonchev–Trinajstić information content (AvgIpc) is 3.16. The van der Waals surface area contributed by atoms with Gasteiger partial charge in [-0.25, -0.2) is 22.8 Å². The lowest BCUT2D eigenvalue weighted by Gasteiger charge is -2.25. The Morgan fingerprint density at radius 3 is 2.84 bits per heavy atom. The summed E-state index contributed by atoms with van der Waals surface area (Å²) in [7, 11) is -3.38. The molecule has 1 aromatic heterocycles. The maximum atomic E-state index is 12.3. The van der Waals surface area contributed by atoms with E-state index in [0.717, 1.165) is 56.7 Å². The van der Waals surface area contributed by atoms with Gasteiger partial charge in [0.15, 0.2) is 11.8 Å². The van der Waals surface area contributed by atoms with Gasteiger partial charge in [0.05, 0.1) is 24.9 Å². The minimum absolute atomic E-state index is 0. The number of hydrogen-bond acceptors (Lipinski definition) is 6. The van der Waals surface area contributed by atoms with Crippen molar-refractivity contribution in [3.8, 4) is 0 Å². The van der Waals surface area contributed by atoms with Crippen LogP contribution in [0.3, 0.4) is 0 Å². The zero-order chi connectivity index (χ0) is 21.4. The van der Waals surface area contributed by atoms with E-state index in [1.165, 1.54) is 0 Å². The monoisotopic (exact) mass is 569 g/mol. The Hall–Kier alpha value is -0.990. The molecule has 31 heavy (non-hydrogen) atoms. The smallest absolute Gasteiger partial charge is 0.213 e. The highest BCUT2D eigenvalue weighted by Gasteiger charge is 2.22. The summed E-state index contributed by atoms with van der Waals surface area (Å²) in [6, 6.07) is 0.180. The Bertz CT molecular complexity index is 809. The van der Waals surface area contributed by atoms with Crippen LogP contribution >= 0.6 is 24.0 Å². The van der Waals surface area contributed by atoms with Crippen LogP contribution < -0.4 is 15.4 Å². The maximum absolute atomic E-state index is 12.3. The van der Waals surface area contributed by atoms with Crippen LogP contribution in [0.25, 0.3) is 0 Å². The molecule has 2 aliphatic heterocycles. The molecular weight excluding hydrogens is 533 g/mol. The first-order chi connectivity index (χ1) is 14.5. The zero-order valence-corrected chi connectivity index (χ0v) is 21.6. The molecule has 1 fully saturated rings. The number of fused-ring (bicyclic) bond motifs is 1. The molecule has 0 amide bonds. The average molecular weight is 570 g/mol. The number of nitrogens with zero attached hydrogens (tertiary/aromatic N) is 4. The molecule has 178 valence electrons. The van der Waals surface area contributed by atoms with Gasteiger partial charge in [-0.2, -0.15) is 5.10 Å². The third kappa shape index (κ3) is 8.46. The Labute approximate surface area is 202 Å². The van der Waals surface area contributed by atoms with E-state index in [-0.39, 0.29) is 48.4 Å². The van der Waals surface area contributed by atoms with Crippen molar-refractivity contribution in [3.05, 3.63) is 11.6 Å². The predicted molar refractivity (Wildman–Crippen MR) is 131 cm³/mol. The number of hydrogen-bond donors (Lipinski definition) is 3. The van der Waals surface area contributed by atoms with Crippen LogP contribution in [0.5, 0.6) is 0 Å². The largest absolute Gasteiger partial charge is 0.377 e. The SMILES string of the molecule is CCNC(=NCCS(=O)(=O)NCC1CCCCO1)NC1CCc2nc(CC)nn2C1.I. The lowest BCUT2D eigenvalue weighted by molar-refractivity contribution is 0.0200. The number of nitrogens with one attached hydrogen (secondary N) is 3. The van der Waals surface area contributed by atoms with E-state index < -0.39 is 10.0 Å². The lowest BCUT2D eigenvalue weighted by atomic mass is 10.1. The van der Waals surface area contributed by atoms with Crippen molar-refractivity contribution in [1.29, 1.82) is 0 Å². The van der Waals surface area contributed by atoms with Gasteiger partial charge in [0.25, 0.3) is 0 Å². The van der Waals surface area contributed by atoms with Crippen LogP contribution in [0.15, 0.2) is 4.99 Å². The van der Waals surface area contributed by atoms with Crippen LogP contribution in [-0.2, 0) is 34.1 Å². The first-order valence-electron chi connectivity index (χ1n) is 11.1. The first-order valence-corrected chi connectivity index (χ1v) is 12.7. The molecule has 0 aliphatic carbocycles. The van der Waals surface area contributed by atoms with Crippen LogP contribution in [0, 0.1) is 0 Å².